The molecule has 0 bridgehead atoms. The highest BCUT2D eigenvalue weighted by atomic mass is 35.5. The smallest absolute Gasteiger partial charge is 0.274 e. The first kappa shape index (κ1) is 18.8. The van der Waals surface area contributed by atoms with Crippen molar-refractivity contribution in [2.75, 3.05) is 0 Å². The van der Waals surface area contributed by atoms with Crippen molar-refractivity contribution in [3.63, 3.8) is 0 Å². The van der Waals surface area contributed by atoms with Crippen molar-refractivity contribution in [3.05, 3.63) is 95.2 Å². The van der Waals surface area contributed by atoms with Crippen molar-refractivity contribution in [2.24, 2.45) is 0 Å². The fraction of sp³-hybridized carbons (Fsp3) is 0.0476. The summed E-state index contributed by atoms with van der Waals surface area (Å²) in [5.74, 6) is -0.860. The molecule has 4 aromatic rings. The van der Waals surface area contributed by atoms with Crippen LogP contribution in [-0.2, 0) is 6.54 Å². The Bertz CT molecular complexity index is 1150. The third kappa shape index (κ3) is 4.00. The van der Waals surface area contributed by atoms with E-state index in [2.05, 4.69) is 20.6 Å². The SMILES string of the molecule is O=C(NCc1ccc(F)cc1Cl)c1nnn(-c2ccccc2)c1-c1cccnc1. The number of halogens is 2. The minimum Gasteiger partial charge on any atom is -0.346 e. The number of para-hydroxylation sites is 1. The molecular formula is C21H15ClFN5O. The molecule has 2 aromatic carbocycles. The van der Waals surface area contributed by atoms with E-state index in [9.17, 15) is 9.18 Å². The fourth-order valence-corrected chi connectivity index (χ4v) is 3.10. The van der Waals surface area contributed by atoms with Gasteiger partial charge >= 0.3 is 0 Å². The summed E-state index contributed by atoms with van der Waals surface area (Å²) in [6.07, 6.45) is 3.29. The number of carbonyl (C=O) groups excluding carboxylic acids is 1. The highest BCUT2D eigenvalue weighted by molar-refractivity contribution is 6.31. The Kier molecular flexibility index (Phi) is 5.31. The number of rotatable bonds is 5. The van der Waals surface area contributed by atoms with Crippen molar-refractivity contribution in [3.8, 4) is 16.9 Å². The molecule has 0 unspecified atom stereocenters. The Morgan fingerprint density at radius 1 is 1.10 bits per heavy atom. The van der Waals surface area contributed by atoms with Crippen LogP contribution in [-0.4, -0.2) is 25.9 Å². The number of amides is 1. The van der Waals surface area contributed by atoms with E-state index in [0.717, 1.165) is 5.69 Å². The second-order valence-corrected chi connectivity index (χ2v) is 6.60. The van der Waals surface area contributed by atoms with Crippen LogP contribution in [0.3, 0.4) is 0 Å². The van der Waals surface area contributed by atoms with Gasteiger partial charge in [-0.05, 0) is 42.0 Å². The lowest BCUT2D eigenvalue weighted by molar-refractivity contribution is 0.0946. The Hall–Kier alpha value is -3.58. The monoisotopic (exact) mass is 407 g/mol. The first-order chi connectivity index (χ1) is 14.1. The zero-order chi connectivity index (χ0) is 20.2. The lowest BCUT2D eigenvalue weighted by Gasteiger charge is -2.09. The van der Waals surface area contributed by atoms with Crippen LogP contribution >= 0.6 is 11.6 Å². The van der Waals surface area contributed by atoms with Crippen LogP contribution in [0.15, 0.2) is 73.1 Å². The van der Waals surface area contributed by atoms with Gasteiger partial charge in [0.25, 0.3) is 5.91 Å². The highest BCUT2D eigenvalue weighted by Gasteiger charge is 2.22. The van der Waals surface area contributed by atoms with E-state index in [1.807, 2.05) is 36.4 Å². The van der Waals surface area contributed by atoms with Gasteiger partial charge in [0.05, 0.1) is 5.69 Å². The molecule has 0 aliphatic heterocycles. The van der Waals surface area contributed by atoms with Gasteiger partial charge in [-0.25, -0.2) is 9.07 Å². The van der Waals surface area contributed by atoms with Crippen LogP contribution in [0.5, 0.6) is 0 Å². The summed E-state index contributed by atoms with van der Waals surface area (Å²) in [7, 11) is 0. The van der Waals surface area contributed by atoms with Crippen molar-refractivity contribution in [1.29, 1.82) is 0 Å². The molecule has 1 amide bonds. The Balaban J connectivity index is 1.68. The number of pyridine rings is 1. The molecule has 1 N–H and O–H groups in total. The summed E-state index contributed by atoms with van der Waals surface area (Å²) in [6, 6.07) is 17.0. The molecule has 6 nitrogen and oxygen atoms in total. The molecule has 0 spiro atoms. The van der Waals surface area contributed by atoms with E-state index in [4.69, 9.17) is 11.6 Å². The fourth-order valence-electron chi connectivity index (χ4n) is 2.87. The van der Waals surface area contributed by atoms with E-state index in [1.54, 1.807) is 23.1 Å². The van der Waals surface area contributed by atoms with Crippen LogP contribution in [0, 0.1) is 5.82 Å². The maximum atomic E-state index is 13.2. The molecule has 29 heavy (non-hydrogen) atoms. The Morgan fingerprint density at radius 3 is 2.66 bits per heavy atom. The number of nitrogens with zero attached hydrogens (tertiary/aromatic N) is 4. The molecule has 4 rings (SSSR count). The first-order valence-corrected chi connectivity index (χ1v) is 9.15. The van der Waals surface area contributed by atoms with Crippen molar-refractivity contribution in [1.82, 2.24) is 25.3 Å². The molecule has 0 fully saturated rings. The lowest BCUT2D eigenvalue weighted by Crippen LogP contribution is -2.24. The molecule has 0 aliphatic carbocycles. The summed E-state index contributed by atoms with van der Waals surface area (Å²) in [4.78, 5) is 17.0. The first-order valence-electron chi connectivity index (χ1n) is 8.77. The molecule has 0 radical (unpaired) electrons. The van der Waals surface area contributed by atoms with E-state index >= 15 is 0 Å². The quantitative estimate of drug-likeness (QED) is 0.541. The van der Waals surface area contributed by atoms with Crippen LogP contribution in [0.1, 0.15) is 16.1 Å². The summed E-state index contributed by atoms with van der Waals surface area (Å²) in [5.41, 5.74) is 2.73. The van der Waals surface area contributed by atoms with Crippen LogP contribution in [0.4, 0.5) is 4.39 Å². The molecule has 2 aromatic heterocycles. The lowest BCUT2D eigenvalue weighted by atomic mass is 10.1. The van der Waals surface area contributed by atoms with Crippen molar-refractivity contribution >= 4 is 17.5 Å². The molecule has 144 valence electrons. The van der Waals surface area contributed by atoms with E-state index in [-0.39, 0.29) is 17.3 Å². The van der Waals surface area contributed by atoms with Gasteiger partial charge in [0.1, 0.15) is 11.5 Å². The third-order valence-corrected chi connectivity index (χ3v) is 4.63. The molecule has 8 heteroatoms. The Labute approximate surface area is 171 Å². The predicted octanol–water partition coefficient (Wildman–Crippen LogP) is 4.05. The second-order valence-electron chi connectivity index (χ2n) is 6.19. The summed E-state index contributed by atoms with van der Waals surface area (Å²) in [5, 5.41) is 11.3. The molecule has 0 atom stereocenters. The molecule has 2 heterocycles. The number of aromatic nitrogens is 4. The largest absolute Gasteiger partial charge is 0.346 e. The molecule has 0 saturated heterocycles. The topological polar surface area (TPSA) is 72.7 Å². The maximum absolute atomic E-state index is 13.2. The molecule has 0 aliphatic rings. The van der Waals surface area contributed by atoms with Gasteiger partial charge in [-0.1, -0.05) is 41.1 Å². The van der Waals surface area contributed by atoms with Gasteiger partial charge in [-0.2, -0.15) is 0 Å². The van der Waals surface area contributed by atoms with Gasteiger partial charge in [0.15, 0.2) is 5.69 Å². The summed E-state index contributed by atoms with van der Waals surface area (Å²) in [6.45, 7) is 0.128. The van der Waals surface area contributed by atoms with Crippen LogP contribution in [0.25, 0.3) is 16.9 Å². The summed E-state index contributed by atoms with van der Waals surface area (Å²) >= 11 is 6.04. The molecule has 0 saturated carbocycles. The van der Waals surface area contributed by atoms with Gasteiger partial charge in [0, 0.05) is 29.5 Å². The normalized spacial score (nSPS) is 10.7. The predicted molar refractivity (Wildman–Crippen MR) is 107 cm³/mol. The van der Waals surface area contributed by atoms with Crippen molar-refractivity contribution < 1.29 is 9.18 Å². The molecular weight excluding hydrogens is 393 g/mol. The van der Waals surface area contributed by atoms with Crippen LogP contribution < -0.4 is 5.32 Å². The summed E-state index contributed by atoms with van der Waals surface area (Å²) < 4.78 is 14.8. The number of nitrogens with one attached hydrogen (secondary N) is 1. The van der Waals surface area contributed by atoms with Gasteiger partial charge in [0.2, 0.25) is 0 Å². The average molecular weight is 408 g/mol. The minimum atomic E-state index is -0.435. The van der Waals surface area contributed by atoms with Crippen LogP contribution in [0.2, 0.25) is 5.02 Å². The third-order valence-electron chi connectivity index (χ3n) is 4.28. The van der Waals surface area contributed by atoms with Gasteiger partial charge < -0.3 is 5.32 Å². The number of hydrogen-bond acceptors (Lipinski definition) is 4. The Morgan fingerprint density at radius 2 is 1.93 bits per heavy atom. The van der Waals surface area contributed by atoms with E-state index < -0.39 is 11.7 Å². The highest BCUT2D eigenvalue weighted by Crippen LogP contribution is 2.25. The van der Waals surface area contributed by atoms with E-state index in [0.29, 0.717) is 16.8 Å². The second kappa shape index (κ2) is 8.20. The van der Waals surface area contributed by atoms with E-state index in [1.165, 1.54) is 18.2 Å². The number of benzene rings is 2. The van der Waals surface area contributed by atoms with Crippen molar-refractivity contribution in [2.45, 2.75) is 6.54 Å². The van der Waals surface area contributed by atoms with Gasteiger partial charge in [-0.3, -0.25) is 9.78 Å². The minimum absolute atomic E-state index is 0.128. The average Bonchev–Trinajstić information content (AvgIpc) is 3.19. The zero-order valence-corrected chi connectivity index (χ0v) is 15.8. The number of carbonyl (C=O) groups is 1. The number of hydrogen-bond donors (Lipinski definition) is 1. The van der Waals surface area contributed by atoms with Gasteiger partial charge in [-0.15, -0.1) is 5.10 Å². The zero-order valence-electron chi connectivity index (χ0n) is 15.1. The maximum Gasteiger partial charge on any atom is 0.274 e. The standard InChI is InChI=1S/C21H15ClFN5O/c22-18-11-16(23)9-8-14(18)13-25-21(29)19-20(15-5-4-10-24-12-15)28(27-26-19)17-6-2-1-3-7-17/h1-12H,13H2,(H,25,29).